The molecular formula is C10H17N3. The summed E-state index contributed by atoms with van der Waals surface area (Å²) in [6.07, 6.45) is 4.29. The van der Waals surface area contributed by atoms with Gasteiger partial charge in [0.2, 0.25) is 0 Å². The van der Waals surface area contributed by atoms with Crippen LogP contribution in [0, 0.1) is 0 Å². The quantitative estimate of drug-likeness (QED) is 0.747. The van der Waals surface area contributed by atoms with Gasteiger partial charge >= 0.3 is 0 Å². The van der Waals surface area contributed by atoms with Crippen molar-refractivity contribution in [2.75, 3.05) is 0 Å². The van der Waals surface area contributed by atoms with Gasteiger partial charge in [-0.15, -0.1) is 0 Å². The summed E-state index contributed by atoms with van der Waals surface area (Å²) in [7, 11) is 1.96. The number of hydrogen-bond acceptors (Lipinski definition) is 2. The van der Waals surface area contributed by atoms with E-state index in [9.17, 15) is 0 Å². The van der Waals surface area contributed by atoms with Gasteiger partial charge in [0.1, 0.15) is 0 Å². The molecule has 1 aromatic rings. The van der Waals surface area contributed by atoms with E-state index in [4.69, 9.17) is 5.73 Å². The van der Waals surface area contributed by atoms with Crippen LogP contribution in [0.15, 0.2) is 6.20 Å². The SMILES string of the molecule is CC(C)c1nn(C)cc1C1(N)CC1. The molecule has 0 radical (unpaired) electrons. The molecule has 2 rings (SSSR count). The molecule has 0 atom stereocenters. The van der Waals surface area contributed by atoms with Gasteiger partial charge in [0.05, 0.1) is 5.69 Å². The van der Waals surface area contributed by atoms with Gasteiger partial charge in [-0.25, -0.2) is 0 Å². The largest absolute Gasteiger partial charge is 0.321 e. The third-order valence-electron chi connectivity index (χ3n) is 2.73. The second-order valence-electron chi connectivity index (χ2n) is 4.41. The van der Waals surface area contributed by atoms with Crippen LogP contribution in [0.1, 0.15) is 43.9 Å². The Kier molecular flexibility index (Phi) is 1.74. The van der Waals surface area contributed by atoms with Crippen LogP contribution in [0.5, 0.6) is 0 Å². The second kappa shape index (κ2) is 2.58. The van der Waals surface area contributed by atoms with Gasteiger partial charge in [0.25, 0.3) is 0 Å². The minimum Gasteiger partial charge on any atom is -0.321 e. The van der Waals surface area contributed by atoms with Crippen LogP contribution < -0.4 is 5.73 Å². The van der Waals surface area contributed by atoms with Crippen LogP contribution in [0.2, 0.25) is 0 Å². The zero-order valence-electron chi connectivity index (χ0n) is 8.54. The molecule has 0 saturated heterocycles. The molecule has 0 unspecified atom stereocenters. The van der Waals surface area contributed by atoms with E-state index < -0.39 is 0 Å². The Labute approximate surface area is 78.9 Å². The molecule has 0 aromatic carbocycles. The van der Waals surface area contributed by atoms with Crippen molar-refractivity contribution in [2.45, 2.75) is 38.1 Å². The van der Waals surface area contributed by atoms with Crippen LogP contribution in [-0.2, 0) is 12.6 Å². The molecule has 0 amide bonds. The predicted molar refractivity (Wildman–Crippen MR) is 52.4 cm³/mol. The van der Waals surface area contributed by atoms with Crippen LogP contribution in [-0.4, -0.2) is 9.78 Å². The molecule has 1 saturated carbocycles. The van der Waals surface area contributed by atoms with E-state index in [1.807, 2.05) is 11.7 Å². The maximum atomic E-state index is 6.17. The van der Waals surface area contributed by atoms with Gasteiger partial charge in [-0.1, -0.05) is 13.8 Å². The van der Waals surface area contributed by atoms with Gasteiger partial charge in [-0.05, 0) is 18.8 Å². The standard InChI is InChI=1S/C10H17N3/c1-7(2)9-8(6-13(3)12-9)10(11)4-5-10/h6-7H,4-5,11H2,1-3H3. The Morgan fingerprint density at radius 2 is 2.15 bits per heavy atom. The summed E-state index contributed by atoms with van der Waals surface area (Å²) >= 11 is 0. The summed E-state index contributed by atoms with van der Waals surface area (Å²) in [4.78, 5) is 0. The van der Waals surface area contributed by atoms with E-state index in [1.165, 1.54) is 11.3 Å². The van der Waals surface area contributed by atoms with Gasteiger partial charge in [0.15, 0.2) is 0 Å². The fraction of sp³-hybridized carbons (Fsp3) is 0.700. The van der Waals surface area contributed by atoms with Crippen LogP contribution in [0.3, 0.4) is 0 Å². The van der Waals surface area contributed by atoms with Crippen molar-refractivity contribution in [3.63, 3.8) is 0 Å². The van der Waals surface area contributed by atoms with Gasteiger partial charge in [-0.2, -0.15) is 5.10 Å². The van der Waals surface area contributed by atoms with Gasteiger partial charge in [-0.3, -0.25) is 4.68 Å². The minimum absolute atomic E-state index is 0.0478. The lowest BCUT2D eigenvalue weighted by Gasteiger charge is -2.10. The van der Waals surface area contributed by atoms with Crippen molar-refractivity contribution in [3.05, 3.63) is 17.5 Å². The average Bonchev–Trinajstić information content (AvgIpc) is 2.62. The third-order valence-corrected chi connectivity index (χ3v) is 2.73. The molecule has 3 heteroatoms. The molecule has 0 bridgehead atoms. The molecule has 1 aliphatic carbocycles. The maximum Gasteiger partial charge on any atom is 0.0700 e. The lowest BCUT2D eigenvalue weighted by Crippen LogP contribution is -2.20. The van der Waals surface area contributed by atoms with Crippen LogP contribution in [0.25, 0.3) is 0 Å². The van der Waals surface area contributed by atoms with Crippen LogP contribution in [0.4, 0.5) is 0 Å². The highest BCUT2D eigenvalue weighted by molar-refractivity contribution is 5.33. The zero-order valence-corrected chi connectivity index (χ0v) is 8.54. The maximum absolute atomic E-state index is 6.17. The first-order chi connectivity index (χ1) is 6.03. The van der Waals surface area contributed by atoms with Crippen molar-refractivity contribution < 1.29 is 0 Å². The summed E-state index contributed by atoms with van der Waals surface area (Å²) in [5.74, 6) is 0.470. The molecule has 2 N–H and O–H groups in total. The fourth-order valence-corrected chi connectivity index (χ4v) is 1.72. The summed E-state index contributed by atoms with van der Waals surface area (Å²) < 4.78 is 1.87. The highest BCUT2D eigenvalue weighted by Crippen LogP contribution is 2.44. The Morgan fingerprint density at radius 3 is 2.62 bits per heavy atom. The van der Waals surface area contributed by atoms with E-state index in [0.717, 1.165) is 12.8 Å². The Morgan fingerprint density at radius 1 is 1.54 bits per heavy atom. The van der Waals surface area contributed by atoms with Crippen molar-refractivity contribution in [3.8, 4) is 0 Å². The van der Waals surface area contributed by atoms with Gasteiger partial charge < -0.3 is 5.73 Å². The molecule has 1 fully saturated rings. The average molecular weight is 179 g/mol. The number of aromatic nitrogens is 2. The summed E-state index contributed by atoms with van der Waals surface area (Å²) in [5, 5.41) is 4.45. The number of nitrogens with two attached hydrogens (primary N) is 1. The molecule has 0 aliphatic heterocycles. The smallest absolute Gasteiger partial charge is 0.0700 e. The van der Waals surface area contributed by atoms with E-state index in [0.29, 0.717) is 5.92 Å². The molecule has 1 aliphatic rings. The highest BCUT2D eigenvalue weighted by atomic mass is 15.3. The van der Waals surface area contributed by atoms with Crippen molar-refractivity contribution >= 4 is 0 Å². The minimum atomic E-state index is -0.0478. The Bertz CT molecular complexity index is 321. The Hall–Kier alpha value is -0.830. The monoisotopic (exact) mass is 179 g/mol. The number of nitrogens with zero attached hydrogens (tertiary/aromatic N) is 2. The number of rotatable bonds is 2. The topological polar surface area (TPSA) is 43.8 Å². The molecular weight excluding hydrogens is 162 g/mol. The molecule has 3 nitrogen and oxygen atoms in total. The zero-order chi connectivity index (χ0) is 9.64. The summed E-state index contributed by atoms with van der Waals surface area (Å²) in [5.41, 5.74) is 8.54. The first-order valence-electron chi connectivity index (χ1n) is 4.86. The first kappa shape index (κ1) is 8.75. The van der Waals surface area contributed by atoms with Crippen LogP contribution >= 0.6 is 0 Å². The van der Waals surface area contributed by atoms with Gasteiger partial charge in [0, 0.05) is 24.3 Å². The molecule has 1 heterocycles. The highest BCUT2D eigenvalue weighted by Gasteiger charge is 2.43. The third kappa shape index (κ3) is 1.37. The molecule has 0 spiro atoms. The lowest BCUT2D eigenvalue weighted by molar-refractivity contribution is 0.693. The second-order valence-corrected chi connectivity index (χ2v) is 4.41. The predicted octanol–water partition coefficient (Wildman–Crippen LogP) is 1.49. The molecule has 72 valence electrons. The van der Waals surface area contributed by atoms with E-state index in [2.05, 4.69) is 25.1 Å². The van der Waals surface area contributed by atoms with E-state index >= 15 is 0 Å². The molecule has 1 aromatic heterocycles. The number of aryl methyl sites for hydroxylation is 1. The number of hydrogen-bond donors (Lipinski definition) is 1. The van der Waals surface area contributed by atoms with Crippen molar-refractivity contribution in [2.24, 2.45) is 12.8 Å². The fourth-order valence-electron chi connectivity index (χ4n) is 1.72. The van der Waals surface area contributed by atoms with Crippen molar-refractivity contribution in [1.29, 1.82) is 0 Å². The van der Waals surface area contributed by atoms with E-state index in [1.54, 1.807) is 0 Å². The summed E-state index contributed by atoms with van der Waals surface area (Å²) in [6, 6.07) is 0. The Balaban J connectivity index is 2.43. The van der Waals surface area contributed by atoms with E-state index in [-0.39, 0.29) is 5.54 Å². The first-order valence-corrected chi connectivity index (χ1v) is 4.86. The normalized spacial score (nSPS) is 19.5. The molecule has 13 heavy (non-hydrogen) atoms. The summed E-state index contributed by atoms with van der Waals surface area (Å²) in [6.45, 7) is 4.33. The van der Waals surface area contributed by atoms with Crippen molar-refractivity contribution in [1.82, 2.24) is 9.78 Å². The lowest BCUT2D eigenvalue weighted by atomic mass is 10.00.